The number of nitrogens with one attached hydrogen (secondary N) is 1. The van der Waals surface area contributed by atoms with Crippen molar-refractivity contribution in [3.8, 4) is 17.1 Å². The van der Waals surface area contributed by atoms with E-state index in [9.17, 15) is 0 Å². The number of nitrogens with two attached hydrogens (primary N) is 1. The lowest BCUT2D eigenvalue weighted by atomic mass is 10.1. The molecule has 0 amide bonds. The number of pyridine rings is 1. The Bertz CT molecular complexity index is 1310. The van der Waals surface area contributed by atoms with E-state index in [1.807, 2.05) is 71.5 Å². The SMILES string of the molecule is COc1ccc2c(c1)=C(c1ccc(N)cc1)Nn1c(-c3ccccn3)cnc1C=2. The fourth-order valence-corrected chi connectivity index (χ4v) is 3.47. The fourth-order valence-electron chi connectivity index (χ4n) is 3.47. The molecule has 6 nitrogen and oxygen atoms in total. The first-order chi connectivity index (χ1) is 14.2. The van der Waals surface area contributed by atoms with Gasteiger partial charge in [0.25, 0.3) is 0 Å². The molecule has 2 aromatic carbocycles. The molecule has 0 aliphatic carbocycles. The lowest BCUT2D eigenvalue weighted by molar-refractivity contribution is 0.414. The summed E-state index contributed by atoms with van der Waals surface area (Å²) in [5.74, 6) is 1.58. The van der Waals surface area contributed by atoms with Crippen LogP contribution in [0.15, 0.2) is 73.1 Å². The molecule has 142 valence electrons. The van der Waals surface area contributed by atoms with Gasteiger partial charge in [-0.15, -0.1) is 0 Å². The molecule has 0 unspecified atom stereocenters. The van der Waals surface area contributed by atoms with Crippen molar-refractivity contribution in [3.63, 3.8) is 0 Å². The summed E-state index contributed by atoms with van der Waals surface area (Å²) in [4.78, 5) is 9.10. The molecule has 0 fully saturated rings. The summed E-state index contributed by atoms with van der Waals surface area (Å²) in [7, 11) is 1.67. The number of fused-ring (bicyclic) bond motifs is 2. The zero-order chi connectivity index (χ0) is 19.8. The van der Waals surface area contributed by atoms with E-state index in [1.165, 1.54) is 0 Å². The van der Waals surface area contributed by atoms with Gasteiger partial charge in [-0.2, -0.15) is 0 Å². The first-order valence-electron chi connectivity index (χ1n) is 9.25. The number of benzene rings is 2. The maximum absolute atomic E-state index is 5.91. The van der Waals surface area contributed by atoms with E-state index in [4.69, 9.17) is 10.5 Å². The highest BCUT2D eigenvalue weighted by atomic mass is 16.5. The van der Waals surface area contributed by atoms with Gasteiger partial charge in [0.2, 0.25) is 0 Å². The van der Waals surface area contributed by atoms with Gasteiger partial charge in [0.05, 0.1) is 24.7 Å². The van der Waals surface area contributed by atoms with Crippen LogP contribution in [0.25, 0.3) is 23.2 Å². The van der Waals surface area contributed by atoms with Crippen LogP contribution in [0.2, 0.25) is 0 Å². The minimum absolute atomic E-state index is 0.720. The number of imidazole rings is 1. The Kier molecular flexibility index (Phi) is 4.02. The normalized spacial score (nSPS) is 12.2. The fraction of sp³-hybridized carbons (Fsp3) is 0.0435. The van der Waals surface area contributed by atoms with Gasteiger partial charge in [-0.05, 0) is 47.7 Å². The highest BCUT2D eigenvalue weighted by Gasteiger charge is 2.17. The first kappa shape index (κ1) is 17.1. The van der Waals surface area contributed by atoms with Gasteiger partial charge >= 0.3 is 0 Å². The van der Waals surface area contributed by atoms with Crippen LogP contribution in [0.1, 0.15) is 11.4 Å². The standard InChI is InChI=1S/C23H19N5O/c1-29-18-10-7-16-12-22-26-14-21(20-4-2-3-11-25-20)28(22)27-23(19(16)13-18)15-5-8-17(24)9-6-15/h2-14,27H,24H2,1H3. The minimum Gasteiger partial charge on any atom is -0.497 e. The number of nitrogens with zero attached hydrogens (tertiary/aromatic N) is 3. The Hall–Kier alpha value is -4.06. The lowest BCUT2D eigenvalue weighted by Gasteiger charge is -2.16. The van der Waals surface area contributed by atoms with E-state index in [-0.39, 0.29) is 0 Å². The van der Waals surface area contributed by atoms with Crippen LogP contribution < -0.4 is 26.3 Å². The molecular formula is C23H19N5O. The average molecular weight is 381 g/mol. The highest BCUT2D eigenvalue weighted by Crippen LogP contribution is 2.21. The van der Waals surface area contributed by atoms with E-state index < -0.39 is 0 Å². The van der Waals surface area contributed by atoms with Gasteiger partial charge in [-0.25, -0.2) is 9.66 Å². The molecule has 0 radical (unpaired) electrons. The molecule has 2 aromatic heterocycles. The summed E-state index contributed by atoms with van der Waals surface area (Å²) < 4.78 is 7.43. The van der Waals surface area contributed by atoms with Gasteiger partial charge < -0.3 is 10.5 Å². The number of ether oxygens (including phenoxy) is 1. The number of hydrogen-bond donors (Lipinski definition) is 2. The average Bonchev–Trinajstić information content (AvgIpc) is 3.08. The Labute approximate surface area is 167 Å². The third kappa shape index (κ3) is 3.00. The van der Waals surface area contributed by atoms with Crippen LogP contribution in [0, 0.1) is 0 Å². The third-order valence-electron chi connectivity index (χ3n) is 4.95. The molecule has 0 atom stereocenters. The molecule has 3 N–H and O–H groups in total. The van der Waals surface area contributed by atoms with Crippen molar-refractivity contribution in [2.45, 2.75) is 0 Å². The second kappa shape index (κ2) is 6.83. The molecular weight excluding hydrogens is 362 g/mol. The maximum Gasteiger partial charge on any atom is 0.152 e. The molecule has 6 heteroatoms. The smallest absolute Gasteiger partial charge is 0.152 e. The van der Waals surface area contributed by atoms with Crippen molar-refractivity contribution in [2.75, 3.05) is 18.3 Å². The second-order valence-electron chi connectivity index (χ2n) is 6.76. The topological polar surface area (TPSA) is 78.0 Å². The van der Waals surface area contributed by atoms with Gasteiger partial charge in [-0.1, -0.05) is 24.3 Å². The monoisotopic (exact) mass is 381 g/mol. The van der Waals surface area contributed by atoms with Crippen LogP contribution >= 0.6 is 0 Å². The molecule has 29 heavy (non-hydrogen) atoms. The van der Waals surface area contributed by atoms with Crippen molar-refractivity contribution >= 4 is 17.5 Å². The Balaban J connectivity index is 1.79. The minimum atomic E-state index is 0.720. The van der Waals surface area contributed by atoms with Crippen molar-refractivity contribution < 1.29 is 4.74 Å². The summed E-state index contributed by atoms with van der Waals surface area (Å²) in [6.07, 6.45) is 5.66. The largest absolute Gasteiger partial charge is 0.497 e. The predicted molar refractivity (Wildman–Crippen MR) is 114 cm³/mol. The third-order valence-corrected chi connectivity index (χ3v) is 4.95. The molecule has 1 aliphatic rings. The Morgan fingerprint density at radius 2 is 1.86 bits per heavy atom. The van der Waals surface area contributed by atoms with Crippen LogP contribution in [0.3, 0.4) is 0 Å². The highest BCUT2D eigenvalue weighted by molar-refractivity contribution is 5.74. The van der Waals surface area contributed by atoms with E-state index in [0.29, 0.717) is 0 Å². The zero-order valence-electron chi connectivity index (χ0n) is 15.8. The van der Waals surface area contributed by atoms with Crippen molar-refractivity contribution in [3.05, 3.63) is 94.9 Å². The summed E-state index contributed by atoms with van der Waals surface area (Å²) in [5.41, 5.74) is 13.8. The van der Waals surface area contributed by atoms with E-state index in [1.54, 1.807) is 13.3 Å². The predicted octanol–water partition coefficient (Wildman–Crippen LogP) is 2.08. The number of methoxy groups -OCH3 is 1. The van der Waals surface area contributed by atoms with E-state index >= 15 is 0 Å². The Morgan fingerprint density at radius 3 is 2.62 bits per heavy atom. The molecule has 0 saturated carbocycles. The molecule has 0 bridgehead atoms. The van der Waals surface area contributed by atoms with Crippen LogP contribution in [0.4, 0.5) is 5.69 Å². The number of nitrogen functional groups attached to an aromatic ring is 1. The van der Waals surface area contributed by atoms with Crippen LogP contribution in [0.5, 0.6) is 5.75 Å². The number of hydrogen-bond acceptors (Lipinski definition) is 5. The van der Waals surface area contributed by atoms with Crippen molar-refractivity contribution in [2.24, 2.45) is 0 Å². The zero-order valence-corrected chi connectivity index (χ0v) is 15.8. The van der Waals surface area contributed by atoms with Crippen molar-refractivity contribution in [1.82, 2.24) is 14.6 Å². The van der Waals surface area contributed by atoms with Crippen molar-refractivity contribution in [1.29, 1.82) is 0 Å². The van der Waals surface area contributed by atoms with E-state index in [2.05, 4.69) is 21.5 Å². The number of aromatic nitrogens is 3. The van der Waals surface area contributed by atoms with Gasteiger partial charge in [-0.3, -0.25) is 10.4 Å². The summed E-state index contributed by atoms with van der Waals surface area (Å²) in [5, 5.41) is 2.06. The molecule has 0 saturated heterocycles. The quantitative estimate of drug-likeness (QED) is 0.531. The first-order valence-corrected chi connectivity index (χ1v) is 9.25. The molecule has 4 aromatic rings. The van der Waals surface area contributed by atoms with Crippen LogP contribution in [-0.2, 0) is 0 Å². The molecule has 3 heterocycles. The van der Waals surface area contributed by atoms with Gasteiger partial charge in [0.15, 0.2) is 5.82 Å². The van der Waals surface area contributed by atoms with Gasteiger partial charge in [0, 0.05) is 22.7 Å². The number of rotatable bonds is 3. The van der Waals surface area contributed by atoms with Crippen LogP contribution in [-0.4, -0.2) is 21.8 Å². The molecule has 5 rings (SSSR count). The van der Waals surface area contributed by atoms with Gasteiger partial charge in [0.1, 0.15) is 11.4 Å². The molecule has 0 spiro atoms. The summed E-state index contributed by atoms with van der Waals surface area (Å²) >= 11 is 0. The second-order valence-corrected chi connectivity index (χ2v) is 6.76. The van der Waals surface area contributed by atoms with E-state index in [0.717, 1.165) is 50.3 Å². The lowest BCUT2D eigenvalue weighted by Crippen LogP contribution is -2.30. The Morgan fingerprint density at radius 1 is 1.00 bits per heavy atom. The summed E-state index contributed by atoms with van der Waals surface area (Å²) in [6.45, 7) is 0. The molecule has 1 aliphatic heterocycles. The summed E-state index contributed by atoms with van der Waals surface area (Å²) in [6, 6.07) is 19.6. The number of anilines is 1. The maximum atomic E-state index is 5.91.